The standard InChI is InChI=1S/C29H26FN3O5/c30-24-12-7-21(8-13-24)17-20-5-9-23(10-6-20)29(35)31-18-26-27(19-31)38-16-15-32(26)28(34)14-11-22-3-1-2-4-25(22)33(36)37/h1-14,26-27H,15-19H2/b14-11+/t26-,27+/m0/s1. The van der Waals surface area contributed by atoms with Crippen molar-refractivity contribution in [1.29, 1.82) is 0 Å². The molecule has 2 aliphatic rings. The number of hydrogen-bond donors (Lipinski definition) is 0. The molecule has 0 unspecified atom stereocenters. The molecule has 194 valence electrons. The number of likely N-dealkylation sites (tertiary alicyclic amines) is 1. The number of amides is 2. The SMILES string of the molecule is O=C(c1ccc(Cc2ccc(F)cc2)cc1)N1C[C@H]2OCCN(C(=O)/C=C/c3ccccc3[N+](=O)[O-])[C@H]2C1. The fourth-order valence-electron chi connectivity index (χ4n) is 4.96. The molecule has 2 aliphatic heterocycles. The van der Waals surface area contributed by atoms with Gasteiger partial charge in [-0.3, -0.25) is 19.7 Å². The third-order valence-electron chi connectivity index (χ3n) is 6.93. The highest BCUT2D eigenvalue weighted by Crippen LogP contribution is 2.26. The van der Waals surface area contributed by atoms with Crippen LogP contribution in [0.1, 0.15) is 27.0 Å². The lowest BCUT2D eigenvalue weighted by atomic mass is 10.0. The van der Waals surface area contributed by atoms with E-state index >= 15 is 0 Å². The highest BCUT2D eigenvalue weighted by molar-refractivity contribution is 5.95. The van der Waals surface area contributed by atoms with Gasteiger partial charge in [-0.2, -0.15) is 0 Å². The predicted molar refractivity (Wildman–Crippen MR) is 139 cm³/mol. The molecule has 0 saturated carbocycles. The Bertz CT molecular complexity index is 1370. The molecule has 38 heavy (non-hydrogen) atoms. The summed E-state index contributed by atoms with van der Waals surface area (Å²) in [6.45, 7) is 1.44. The number of nitro benzene ring substituents is 1. The number of morpholine rings is 1. The Balaban J connectivity index is 1.24. The van der Waals surface area contributed by atoms with Gasteiger partial charge in [0.15, 0.2) is 0 Å². The number of benzene rings is 3. The summed E-state index contributed by atoms with van der Waals surface area (Å²) >= 11 is 0. The van der Waals surface area contributed by atoms with Crippen LogP contribution < -0.4 is 0 Å². The second-order valence-electron chi connectivity index (χ2n) is 9.37. The monoisotopic (exact) mass is 515 g/mol. The van der Waals surface area contributed by atoms with Crippen LogP contribution in [0.2, 0.25) is 0 Å². The van der Waals surface area contributed by atoms with Crippen molar-refractivity contribution in [3.63, 3.8) is 0 Å². The third-order valence-corrected chi connectivity index (χ3v) is 6.93. The molecule has 8 nitrogen and oxygen atoms in total. The number of fused-ring (bicyclic) bond motifs is 1. The number of para-hydroxylation sites is 1. The highest BCUT2D eigenvalue weighted by Gasteiger charge is 2.43. The van der Waals surface area contributed by atoms with Gasteiger partial charge in [0.2, 0.25) is 5.91 Å². The molecule has 2 atom stereocenters. The average molecular weight is 516 g/mol. The largest absolute Gasteiger partial charge is 0.372 e. The normalized spacial score (nSPS) is 19.0. The first-order valence-corrected chi connectivity index (χ1v) is 12.4. The van der Waals surface area contributed by atoms with Crippen molar-refractivity contribution >= 4 is 23.6 Å². The predicted octanol–water partition coefficient (Wildman–Crippen LogP) is 4.09. The number of carbonyl (C=O) groups is 2. The second-order valence-corrected chi connectivity index (χ2v) is 9.37. The first-order chi connectivity index (χ1) is 18.4. The Hall–Kier alpha value is -4.37. The Labute approximate surface area is 219 Å². The van der Waals surface area contributed by atoms with Gasteiger partial charge in [0.25, 0.3) is 11.6 Å². The first-order valence-electron chi connectivity index (χ1n) is 12.4. The molecule has 0 N–H and O–H groups in total. The van der Waals surface area contributed by atoms with Gasteiger partial charge in [-0.1, -0.05) is 36.4 Å². The van der Waals surface area contributed by atoms with Crippen molar-refractivity contribution < 1.29 is 23.6 Å². The molecule has 9 heteroatoms. The van der Waals surface area contributed by atoms with Crippen LogP contribution in [0, 0.1) is 15.9 Å². The van der Waals surface area contributed by atoms with E-state index in [-0.39, 0.29) is 35.5 Å². The van der Waals surface area contributed by atoms with E-state index in [4.69, 9.17) is 4.74 Å². The number of ether oxygens (including phenoxy) is 1. The number of halogens is 1. The van der Waals surface area contributed by atoms with Crippen molar-refractivity contribution in [2.24, 2.45) is 0 Å². The molecule has 0 aromatic heterocycles. The Morgan fingerprint density at radius 1 is 1.00 bits per heavy atom. The minimum atomic E-state index is -0.481. The molecule has 0 radical (unpaired) electrons. The number of carbonyl (C=O) groups excluding carboxylic acids is 2. The van der Waals surface area contributed by atoms with E-state index in [1.54, 1.807) is 52.3 Å². The van der Waals surface area contributed by atoms with Gasteiger partial charge in [0.1, 0.15) is 5.82 Å². The fourth-order valence-corrected chi connectivity index (χ4v) is 4.96. The molecule has 2 fully saturated rings. The summed E-state index contributed by atoms with van der Waals surface area (Å²) in [6, 6.07) is 19.6. The fraction of sp³-hybridized carbons (Fsp3) is 0.241. The van der Waals surface area contributed by atoms with Gasteiger partial charge >= 0.3 is 0 Å². The molecular formula is C29H26FN3O5. The summed E-state index contributed by atoms with van der Waals surface area (Å²) in [5.74, 6) is -0.693. The van der Waals surface area contributed by atoms with Gasteiger partial charge in [-0.25, -0.2) is 4.39 Å². The number of nitro groups is 1. The molecule has 3 aromatic rings. The van der Waals surface area contributed by atoms with Crippen LogP contribution >= 0.6 is 0 Å². The third kappa shape index (κ3) is 5.47. The van der Waals surface area contributed by atoms with E-state index < -0.39 is 4.92 Å². The van der Waals surface area contributed by atoms with E-state index in [1.807, 2.05) is 12.1 Å². The summed E-state index contributed by atoms with van der Waals surface area (Å²) in [4.78, 5) is 40.4. The van der Waals surface area contributed by atoms with Crippen LogP contribution in [0.3, 0.4) is 0 Å². The topological polar surface area (TPSA) is 93.0 Å². The molecule has 3 aromatic carbocycles. The van der Waals surface area contributed by atoms with Crippen LogP contribution in [0.5, 0.6) is 0 Å². The second kappa shape index (κ2) is 10.9. The Kier molecular flexibility index (Phi) is 7.28. The maximum absolute atomic E-state index is 13.2. The lowest BCUT2D eigenvalue weighted by Crippen LogP contribution is -2.52. The molecule has 0 bridgehead atoms. The summed E-state index contributed by atoms with van der Waals surface area (Å²) in [7, 11) is 0. The average Bonchev–Trinajstić information content (AvgIpc) is 3.38. The first kappa shape index (κ1) is 25.3. The van der Waals surface area contributed by atoms with Crippen molar-refractivity contribution in [2.45, 2.75) is 18.6 Å². The molecule has 0 aliphatic carbocycles. The number of rotatable bonds is 6. The zero-order chi connectivity index (χ0) is 26.6. The highest BCUT2D eigenvalue weighted by atomic mass is 19.1. The van der Waals surface area contributed by atoms with Crippen molar-refractivity contribution in [2.75, 3.05) is 26.2 Å². The summed E-state index contributed by atoms with van der Waals surface area (Å²) < 4.78 is 19.0. The summed E-state index contributed by atoms with van der Waals surface area (Å²) in [6.07, 6.45) is 3.13. The van der Waals surface area contributed by atoms with Crippen LogP contribution in [0.4, 0.5) is 10.1 Å². The summed E-state index contributed by atoms with van der Waals surface area (Å²) in [5.41, 5.74) is 2.81. The maximum Gasteiger partial charge on any atom is 0.276 e. The molecule has 0 spiro atoms. The minimum absolute atomic E-state index is 0.0715. The quantitative estimate of drug-likeness (QED) is 0.280. The van der Waals surface area contributed by atoms with Crippen LogP contribution in [0.15, 0.2) is 78.9 Å². The number of hydrogen-bond acceptors (Lipinski definition) is 5. The van der Waals surface area contributed by atoms with E-state index in [2.05, 4.69) is 0 Å². The molecule has 2 heterocycles. The lowest BCUT2D eigenvalue weighted by Gasteiger charge is -2.36. The van der Waals surface area contributed by atoms with Crippen molar-refractivity contribution in [1.82, 2.24) is 9.80 Å². The maximum atomic E-state index is 13.2. The van der Waals surface area contributed by atoms with Crippen molar-refractivity contribution in [3.8, 4) is 0 Å². The van der Waals surface area contributed by atoms with Crippen LogP contribution in [-0.4, -0.2) is 64.9 Å². The zero-order valence-electron chi connectivity index (χ0n) is 20.5. The van der Waals surface area contributed by atoms with Gasteiger partial charge in [-0.05, 0) is 54.0 Å². The molecular weight excluding hydrogens is 489 g/mol. The Morgan fingerprint density at radius 2 is 1.68 bits per heavy atom. The van der Waals surface area contributed by atoms with Crippen LogP contribution in [0.25, 0.3) is 6.08 Å². The van der Waals surface area contributed by atoms with Crippen LogP contribution in [-0.2, 0) is 16.0 Å². The summed E-state index contributed by atoms with van der Waals surface area (Å²) in [5, 5.41) is 11.3. The van der Waals surface area contributed by atoms with Crippen molar-refractivity contribution in [3.05, 3.63) is 117 Å². The zero-order valence-corrected chi connectivity index (χ0v) is 20.5. The smallest absolute Gasteiger partial charge is 0.276 e. The molecule has 2 amide bonds. The van der Waals surface area contributed by atoms with Gasteiger partial charge in [0.05, 0.1) is 29.2 Å². The van der Waals surface area contributed by atoms with Gasteiger partial charge in [0, 0.05) is 37.3 Å². The van der Waals surface area contributed by atoms with Gasteiger partial charge < -0.3 is 14.5 Å². The van der Waals surface area contributed by atoms with E-state index in [9.17, 15) is 24.1 Å². The van der Waals surface area contributed by atoms with E-state index in [0.29, 0.717) is 43.8 Å². The van der Waals surface area contributed by atoms with Gasteiger partial charge in [-0.15, -0.1) is 0 Å². The van der Waals surface area contributed by atoms with E-state index in [1.165, 1.54) is 30.4 Å². The molecule has 2 saturated heterocycles. The minimum Gasteiger partial charge on any atom is -0.372 e. The Morgan fingerprint density at radius 3 is 2.39 bits per heavy atom. The van der Waals surface area contributed by atoms with E-state index in [0.717, 1.165) is 11.1 Å². The number of nitrogens with zero attached hydrogens (tertiary/aromatic N) is 3. The lowest BCUT2D eigenvalue weighted by molar-refractivity contribution is -0.385. The molecule has 5 rings (SSSR count).